The first-order valence-corrected chi connectivity index (χ1v) is 9.81. The Morgan fingerprint density at radius 2 is 1.81 bits per heavy atom. The molecule has 1 fully saturated rings. The number of hydrogen-bond donors (Lipinski definition) is 1. The topological polar surface area (TPSA) is 80.0 Å². The zero-order chi connectivity index (χ0) is 22.8. The highest BCUT2D eigenvalue weighted by atomic mass is 19.1. The molecule has 8 heteroatoms. The van der Waals surface area contributed by atoms with Crippen molar-refractivity contribution < 1.29 is 32.6 Å². The normalized spacial score (nSPS) is 17.7. The molecule has 0 saturated carbocycles. The molecule has 6 nitrogen and oxygen atoms in total. The van der Waals surface area contributed by atoms with Crippen LogP contribution in [0, 0.1) is 11.6 Å². The van der Waals surface area contributed by atoms with E-state index in [1.54, 1.807) is 24.3 Å². The zero-order valence-electron chi connectivity index (χ0n) is 17.0. The van der Waals surface area contributed by atoms with E-state index in [1.165, 1.54) is 36.5 Å². The molecule has 32 heavy (non-hydrogen) atoms. The van der Waals surface area contributed by atoms with Gasteiger partial charge in [-0.1, -0.05) is 12.1 Å². The molecule has 0 aliphatic carbocycles. The van der Waals surface area contributed by atoms with E-state index < -0.39 is 29.3 Å². The van der Waals surface area contributed by atoms with Crippen LogP contribution < -0.4 is 4.74 Å². The molecule has 1 N–H and O–H groups in total. The average Bonchev–Trinajstić information content (AvgIpc) is 3.40. The van der Waals surface area contributed by atoms with E-state index >= 15 is 0 Å². The van der Waals surface area contributed by atoms with Crippen LogP contribution in [-0.2, 0) is 16.0 Å². The first kappa shape index (κ1) is 21.3. The van der Waals surface area contributed by atoms with E-state index in [0.717, 1.165) is 17.7 Å². The average molecular weight is 439 g/mol. The Kier molecular flexibility index (Phi) is 5.77. The van der Waals surface area contributed by atoms with Crippen LogP contribution in [0.5, 0.6) is 5.75 Å². The maximum Gasteiger partial charge on any atom is 0.295 e. The van der Waals surface area contributed by atoms with Gasteiger partial charge >= 0.3 is 0 Å². The second-order valence-corrected chi connectivity index (χ2v) is 7.23. The molecule has 0 radical (unpaired) electrons. The predicted octanol–water partition coefficient (Wildman–Crippen LogP) is 4.23. The van der Waals surface area contributed by atoms with E-state index in [9.17, 15) is 23.5 Å². The third-order valence-electron chi connectivity index (χ3n) is 5.32. The number of ether oxygens (including phenoxy) is 1. The van der Waals surface area contributed by atoms with Crippen molar-refractivity contribution in [3.63, 3.8) is 0 Å². The van der Waals surface area contributed by atoms with Gasteiger partial charge in [0.15, 0.2) is 0 Å². The van der Waals surface area contributed by atoms with Gasteiger partial charge in [-0.2, -0.15) is 0 Å². The second kappa shape index (κ2) is 8.66. The van der Waals surface area contributed by atoms with Crippen LogP contribution in [-0.4, -0.2) is 35.4 Å². The fourth-order valence-electron chi connectivity index (χ4n) is 3.76. The number of hydrogen-bond acceptors (Lipinski definition) is 5. The summed E-state index contributed by atoms with van der Waals surface area (Å²) in [6, 6.07) is 11.5. The molecule has 1 unspecified atom stereocenters. The molecule has 164 valence electrons. The molecule has 4 rings (SSSR count). The number of carbonyl (C=O) groups excluding carboxylic acids is 2. The van der Waals surface area contributed by atoms with Gasteiger partial charge in [0.1, 0.15) is 34.9 Å². The van der Waals surface area contributed by atoms with Crippen LogP contribution in [0.1, 0.15) is 22.9 Å². The molecule has 1 aliphatic rings. The van der Waals surface area contributed by atoms with Gasteiger partial charge in [-0.25, -0.2) is 8.78 Å². The molecule has 0 bridgehead atoms. The lowest BCUT2D eigenvalue weighted by molar-refractivity contribution is -0.140. The number of likely N-dealkylation sites (tertiary alicyclic amines) is 1. The molecule has 1 aliphatic heterocycles. The maximum absolute atomic E-state index is 13.9. The first-order valence-electron chi connectivity index (χ1n) is 9.81. The Labute approximate surface area is 182 Å². The number of furan rings is 1. The van der Waals surface area contributed by atoms with Crippen LogP contribution in [0.3, 0.4) is 0 Å². The van der Waals surface area contributed by atoms with E-state index in [0.29, 0.717) is 6.42 Å². The minimum Gasteiger partial charge on any atom is -0.507 e. The van der Waals surface area contributed by atoms with Crippen molar-refractivity contribution in [1.29, 1.82) is 0 Å². The van der Waals surface area contributed by atoms with Gasteiger partial charge in [0.25, 0.3) is 11.7 Å². The van der Waals surface area contributed by atoms with Crippen molar-refractivity contribution in [2.45, 2.75) is 12.5 Å². The number of ketones is 1. The highest BCUT2D eigenvalue weighted by Crippen LogP contribution is 2.41. The SMILES string of the molecule is COc1ccc(F)cc1/C(O)=C1/C(=O)C(=O)N(CCc2ccc(F)cc2)C1c1ccco1. The third kappa shape index (κ3) is 3.87. The number of amides is 1. The summed E-state index contributed by atoms with van der Waals surface area (Å²) < 4.78 is 37.7. The molecule has 1 atom stereocenters. The first-order chi connectivity index (χ1) is 15.4. The van der Waals surface area contributed by atoms with E-state index in [1.807, 2.05) is 0 Å². The Morgan fingerprint density at radius 1 is 1.09 bits per heavy atom. The molecule has 1 aromatic heterocycles. The lowest BCUT2D eigenvalue weighted by Crippen LogP contribution is -2.31. The van der Waals surface area contributed by atoms with Crippen molar-refractivity contribution in [3.8, 4) is 5.75 Å². The van der Waals surface area contributed by atoms with Gasteiger partial charge in [0.05, 0.1) is 24.5 Å². The molecule has 2 aromatic carbocycles. The number of aliphatic hydroxyl groups excluding tert-OH is 1. The Hall–Kier alpha value is -3.94. The third-order valence-corrected chi connectivity index (χ3v) is 5.32. The number of methoxy groups -OCH3 is 1. The van der Waals surface area contributed by atoms with Gasteiger partial charge in [-0.15, -0.1) is 0 Å². The minimum absolute atomic E-state index is 0.0550. The number of Topliss-reactive ketones (excluding diaryl/α,β-unsaturated/α-hetero) is 1. The van der Waals surface area contributed by atoms with Crippen molar-refractivity contribution in [2.24, 2.45) is 0 Å². The molecule has 1 saturated heterocycles. The lowest BCUT2D eigenvalue weighted by Gasteiger charge is -2.23. The summed E-state index contributed by atoms with van der Waals surface area (Å²) in [5, 5.41) is 11.0. The number of benzene rings is 2. The number of halogens is 2. The molecule has 3 aromatic rings. The fourth-order valence-corrected chi connectivity index (χ4v) is 3.76. The Balaban J connectivity index is 1.77. The van der Waals surface area contributed by atoms with Gasteiger partial charge in [0, 0.05) is 6.54 Å². The Bertz CT molecular complexity index is 1190. The lowest BCUT2D eigenvalue weighted by atomic mass is 9.98. The van der Waals surface area contributed by atoms with Crippen molar-refractivity contribution in [3.05, 3.63) is 95.0 Å². The van der Waals surface area contributed by atoms with Crippen molar-refractivity contribution >= 4 is 17.4 Å². The van der Waals surface area contributed by atoms with E-state index in [4.69, 9.17) is 9.15 Å². The number of nitrogens with zero attached hydrogens (tertiary/aromatic N) is 1. The van der Waals surface area contributed by atoms with Gasteiger partial charge in [-0.3, -0.25) is 9.59 Å². The summed E-state index contributed by atoms with van der Waals surface area (Å²) in [5.74, 6) is -2.94. The highest BCUT2D eigenvalue weighted by molar-refractivity contribution is 6.46. The van der Waals surface area contributed by atoms with Crippen LogP contribution in [0.2, 0.25) is 0 Å². The quantitative estimate of drug-likeness (QED) is 0.353. The largest absolute Gasteiger partial charge is 0.507 e. The summed E-state index contributed by atoms with van der Waals surface area (Å²) >= 11 is 0. The summed E-state index contributed by atoms with van der Waals surface area (Å²) in [6.45, 7) is 0.110. The van der Waals surface area contributed by atoms with Gasteiger partial charge in [-0.05, 0) is 54.4 Å². The molecule has 2 heterocycles. The summed E-state index contributed by atoms with van der Waals surface area (Å²) in [7, 11) is 1.34. The monoisotopic (exact) mass is 439 g/mol. The van der Waals surface area contributed by atoms with E-state index in [2.05, 4.69) is 0 Å². The van der Waals surface area contributed by atoms with Crippen LogP contribution in [0.4, 0.5) is 8.78 Å². The standard InChI is InChI=1S/C24H19F2NO5/c1-31-18-9-8-16(26)13-17(18)22(28)20-21(19-3-2-12-32-19)27(24(30)23(20)29)11-10-14-4-6-15(25)7-5-14/h2-9,12-13,21,28H,10-11H2,1H3/b22-20-. The number of rotatable bonds is 6. The number of carbonyl (C=O) groups is 2. The summed E-state index contributed by atoms with van der Waals surface area (Å²) in [5.41, 5.74) is 0.479. The van der Waals surface area contributed by atoms with Gasteiger partial charge < -0.3 is 19.2 Å². The fraction of sp³-hybridized carbons (Fsp3) is 0.167. The second-order valence-electron chi connectivity index (χ2n) is 7.23. The highest BCUT2D eigenvalue weighted by Gasteiger charge is 2.47. The van der Waals surface area contributed by atoms with Crippen molar-refractivity contribution in [1.82, 2.24) is 4.90 Å². The molecule has 0 spiro atoms. The summed E-state index contributed by atoms with van der Waals surface area (Å²) in [4.78, 5) is 27.1. The molecular formula is C24H19F2NO5. The minimum atomic E-state index is -1.02. The smallest absolute Gasteiger partial charge is 0.295 e. The summed E-state index contributed by atoms with van der Waals surface area (Å²) in [6.07, 6.45) is 1.73. The Morgan fingerprint density at radius 3 is 2.47 bits per heavy atom. The molecular weight excluding hydrogens is 420 g/mol. The van der Waals surface area contributed by atoms with Crippen LogP contribution in [0.25, 0.3) is 5.76 Å². The van der Waals surface area contributed by atoms with Crippen LogP contribution in [0.15, 0.2) is 70.9 Å². The van der Waals surface area contributed by atoms with Crippen molar-refractivity contribution in [2.75, 3.05) is 13.7 Å². The zero-order valence-corrected chi connectivity index (χ0v) is 17.0. The number of aliphatic hydroxyl groups is 1. The predicted molar refractivity (Wildman–Crippen MR) is 111 cm³/mol. The maximum atomic E-state index is 13.9. The van der Waals surface area contributed by atoms with Gasteiger partial charge in [0.2, 0.25) is 0 Å². The van der Waals surface area contributed by atoms with Crippen LogP contribution >= 0.6 is 0 Å². The van der Waals surface area contributed by atoms with E-state index in [-0.39, 0.29) is 35.0 Å². The molecule has 1 amide bonds.